The molecule has 0 spiro atoms. The van der Waals surface area contributed by atoms with Gasteiger partial charge in [-0.2, -0.15) is 0 Å². The summed E-state index contributed by atoms with van der Waals surface area (Å²) in [4.78, 5) is 2.68. The van der Waals surface area contributed by atoms with Gasteiger partial charge in [-0.1, -0.05) is 103 Å². The van der Waals surface area contributed by atoms with Crippen molar-refractivity contribution in [3.63, 3.8) is 0 Å². The fraction of sp³-hybridized carbons (Fsp3) is 0.762. The minimum absolute atomic E-state index is 0.903. The molecule has 1 heterocycles. The lowest BCUT2D eigenvalue weighted by Crippen LogP contribution is -1.85. The first kappa shape index (κ1) is 23.5. The third-order valence-electron chi connectivity index (χ3n) is 4.72. The fourth-order valence-electron chi connectivity index (χ4n) is 3.16. The highest BCUT2D eigenvalue weighted by molar-refractivity contribution is 8.76. The maximum absolute atomic E-state index is 5.28. The van der Waals surface area contributed by atoms with Crippen LogP contribution < -0.4 is 0 Å². The maximum atomic E-state index is 5.28. The largest absolute Gasteiger partial charge is 0.139 e. The van der Waals surface area contributed by atoms with E-state index in [1.165, 1.54) is 117 Å². The van der Waals surface area contributed by atoms with Crippen LogP contribution >= 0.6 is 46.0 Å². The summed E-state index contributed by atoms with van der Waals surface area (Å²) < 4.78 is 0.903. The van der Waals surface area contributed by atoms with Gasteiger partial charge in [0.05, 0.1) is 9.07 Å². The highest BCUT2D eigenvalue weighted by Crippen LogP contribution is 2.25. The molecule has 1 aromatic heterocycles. The van der Waals surface area contributed by atoms with Gasteiger partial charge in [0, 0.05) is 4.88 Å². The van der Waals surface area contributed by atoms with Gasteiger partial charge in [0.15, 0.2) is 0 Å². The number of hydrogen-bond acceptors (Lipinski definition) is 4. The molecule has 1 rings (SSSR count). The molecule has 4 heteroatoms. The zero-order valence-corrected chi connectivity index (χ0v) is 19.3. The van der Waals surface area contributed by atoms with Gasteiger partial charge in [0.2, 0.25) is 0 Å². The van der Waals surface area contributed by atoms with E-state index in [1.54, 1.807) is 0 Å². The van der Waals surface area contributed by atoms with E-state index >= 15 is 0 Å². The molecule has 0 aliphatic heterocycles. The highest BCUT2D eigenvalue weighted by Gasteiger charge is 2.04. The Kier molecular flexibility index (Phi) is 15.7. The van der Waals surface area contributed by atoms with E-state index in [2.05, 4.69) is 30.7 Å². The van der Waals surface area contributed by atoms with Crippen molar-refractivity contribution in [2.24, 2.45) is 0 Å². The molecule has 0 aliphatic carbocycles. The Morgan fingerprint density at radius 2 is 1.32 bits per heavy atom. The standard InChI is InChI=1S/C21H36S4/c1-2-3-4-5-6-7-8-9-10-11-12-13-14-15-16-19-17-18-20(24-19)21(22)25-23/h17-18,23H,2-16H2,1H3. The number of thiocarbonyl (C=S) groups is 1. The Labute approximate surface area is 174 Å². The number of hydrogen-bond donors (Lipinski definition) is 1. The third kappa shape index (κ3) is 12.5. The minimum Gasteiger partial charge on any atom is -0.139 e. The zero-order valence-electron chi connectivity index (χ0n) is 15.9. The van der Waals surface area contributed by atoms with Gasteiger partial charge >= 0.3 is 0 Å². The van der Waals surface area contributed by atoms with Gasteiger partial charge in [-0.3, -0.25) is 0 Å². The van der Waals surface area contributed by atoms with Crippen LogP contribution in [0.2, 0.25) is 0 Å². The Hall–Kier alpha value is 0.490. The van der Waals surface area contributed by atoms with E-state index in [0.29, 0.717) is 0 Å². The van der Waals surface area contributed by atoms with Crippen LogP contribution in [0.1, 0.15) is 107 Å². The number of unbranched alkanes of at least 4 members (excludes halogenated alkanes) is 13. The molecule has 0 saturated carbocycles. The van der Waals surface area contributed by atoms with Crippen LogP contribution in [-0.4, -0.2) is 4.20 Å². The Balaban J connectivity index is 1.84. The normalized spacial score (nSPS) is 11.1. The van der Waals surface area contributed by atoms with Crippen LogP contribution in [0.4, 0.5) is 0 Å². The molecule has 0 amide bonds. The van der Waals surface area contributed by atoms with Crippen molar-refractivity contribution in [2.45, 2.75) is 103 Å². The maximum Gasteiger partial charge on any atom is 0.0982 e. The molecule has 0 aliphatic rings. The number of thiophene rings is 1. The molecule has 0 N–H and O–H groups in total. The SMILES string of the molecule is CCCCCCCCCCCCCCCCc1ccc(C(=S)SS)s1. The zero-order chi connectivity index (χ0) is 18.2. The van der Waals surface area contributed by atoms with Crippen molar-refractivity contribution >= 4 is 50.2 Å². The molecule has 1 aromatic rings. The van der Waals surface area contributed by atoms with Crippen molar-refractivity contribution in [2.75, 3.05) is 0 Å². The molecule has 0 atom stereocenters. The second-order valence-corrected chi connectivity index (χ2v) is 9.96. The van der Waals surface area contributed by atoms with Crippen molar-refractivity contribution in [3.05, 3.63) is 21.9 Å². The third-order valence-corrected chi connectivity index (χ3v) is 7.92. The summed E-state index contributed by atoms with van der Waals surface area (Å²) in [5.41, 5.74) is 0. The van der Waals surface area contributed by atoms with Crippen LogP contribution in [0.5, 0.6) is 0 Å². The van der Waals surface area contributed by atoms with Gasteiger partial charge in [0.1, 0.15) is 0 Å². The summed E-state index contributed by atoms with van der Waals surface area (Å²) in [7, 11) is 1.38. The Morgan fingerprint density at radius 1 is 0.840 bits per heavy atom. The Bertz CT molecular complexity index is 439. The molecular formula is C21H36S4. The van der Waals surface area contributed by atoms with Crippen LogP contribution in [-0.2, 0) is 6.42 Å². The van der Waals surface area contributed by atoms with Gasteiger partial charge in [-0.25, -0.2) is 0 Å². The summed E-state index contributed by atoms with van der Waals surface area (Å²) >= 11 is 11.3. The van der Waals surface area contributed by atoms with E-state index in [4.69, 9.17) is 12.2 Å². The fourth-order valence-corrected chi connectivity index (χ4v) is 5.13. The molecule has 0 fully saturated rings. The van der Waals surface area contributed by atoms with E-state index in [1.807, 2.05) is 11.3 Å². The monoisotopic (exact) mass is 416 g/mol. The predicted molar refractivity (Wildman–Crippen MR) is 127 cm³/mol. The van der Waals surface area contributed by atoms with Crippen molar-refractivity contribution in [1.29, 1.82) is 0 Å². The molecule has 144 valence electrons. The summed E-state index contributed by atoms with van der Waals surface area (Å²) in [5, 5.41) is 0. The first-order chi connectivity index (χ1) is 12.3. The Morgan fingerprint density at radius 3 is 1.80 bits per heavy atom. The van der Waals surface area contributed by atoms with Gasteiger partial charge in [0.25, 0.3) is 0 Å². The van der Waals surface area contributed by atoms with Gasteiger partial charge in [-0.15, -0.1) is 23.0 Å². The second-order valence-electron chi connectivity index (χ2n) is 6.99. The molecule has 0 aromatic carbocycles. The lowest BCUT2D eigenvalue weighted by Gasteiger charge is -2.03. The van der Waals surface area contributed by atoms with Crippen LogP contribution in [0.25, 0.3) is 0 Å². The van der Waals surface area contributed by atoms with E-state index in [9.17, 15) is 0 Å². The first-order valence-corrected chi connectivity index (χ1v) is 13.3. The lowest BCUT2D eigenvalue weighted by molar-refractivity contribution is 0.536. The molecule has 0 nitrogen and oxygen atoms in total. The summed E-state index contributed by atoms with van der Waals surface area (Å²) in [6.07, 6.45) is 21.1. The van der Waals surface area contributed by atoms with E-state index in [-0.39, 0.29) is 0 Å². The van der Waals surface area contributed by atoms with E-state index < -0.39 is 0 Å². The average molecular weight is 417 g/mol. The highest BCUT2D eigenvalue weighted by atomic mass is 33.1. The number of aryl methyl sites for hydroxylation is 1. The smallest absolute Gasteiger partial charge is 0.0982 e. The summed E-state index contributed by atoms with van der Waals surface area (Å²) in [6, 6.07) is 4.38. The van der Waals surface area contributed by atoms with Gasteiger partial charge in [-0.05, 0) is 35.8 Å². The molecule has 0 saturated heterocycles. The van der Waals surface area contributed by atoms with Crippen molar-refractivity contribution in [1.82, 2.24) is 0 Å². The summed E-state index contributed by atoms with van der Waals surface area (Å²) in [5.74, 6) is 0. The van der Waals surface area contributed by atoms with E-state index in [0.717, 1.165) is 4.20 Å². The molecule has 0 bridgehead atoms. The van der Waals surface area contributed by atoms with Gasteiger partial charge < -0.3 is 0 Å². The molecule has 25 heavy (non-hydrogen) atoms. The topological polar surface area (TPSA) is 0 Å². The second kappa shape index (κ2) is 16.6. The number of rotatable bonds is 16. The van der Waals surface area contributed by atoms with Crippen molar-refractivity contribution < 1.29 is 0 Å². The predicted octanol–water partition coefficient (Wildman–Crippen LogP) is 9.03. The lowest BCUT2D eigenvalue weighted by atomic mass is 10.0. The van der Waals surface area contributed by atoms with Crippen LogP contribution in [0.15, 0.2) is 12.1 Å². The molecule has 0 radical (unpaired) electrons. The van der Waals surface area contributed by atoms with Crippen molar-refractivity contribution in [3.8, 4) is 0 Å². The van der Waals surface area contributed by atoms with Crippen LogP contribution in [0, 0.1) is 0 Å². The van der Waals surface area contributed by atoms with Crippen LogP contribution in [0.3, 0.4) is 0 Å². The average Bonchev–Trinajstić information content (AvgIpc) is 3.10. The molecular weight excluding hydrogens is 380 g/mol. The summed E-state index contributed by atoms with van der Waals surface area (Å²) in [6.45, 7) is 2.29. The number of thiol groups is 1. The molecule has 0 unspecified atom stereocenters. The minimum atomic E-state index is 0.903. The first-order valence-electron chi connectivity index (χ1n) is 10.2. The quantitative estimate of drug-likeness (QED) is 0.123.